The van der Waals surface area contributed by atoms with E-state index in [-0.39, 0.29) is 5.75 Å². The number of halogens is 2. The molecule has 3 nitrogen and oxygen atoms in total. The van der Waals surface area contributed by atoms with Gasteiger partial charge in [0.05, 0.1) is 6.61 Å². The Kier molecular flexibility index (Phi) is 5.13. The Labute approximate surface area is 97.7 Å². The van der Waals surface area contributed by atoms with Crippen molar-refractivity contribution in [2.75, 3.05) is 6.61 Å². The lowest BCUT2D eigenvalue weighted by Gasteiger charge is -2.03. The second-order valence-electron chi connectivity index (χ2n) is 3.03. The molecule has 0 N–H and O–H groups in total. The number of hydrogen-bond acceptors (Lipinski definition) is 3. The van der Waals surface area contributed by atoms with Crippen LogP contribution in [0.15, 0.2) is 30.3 Å². The zero-order valence-electron chi connectivity index (χ0n) is 9.23. The van der Waals surface area contributed by atoms with E-state index in [4.69, 9.17) is 4.74 Å². The molecule has 0 unspecified atom stereocenters. The Morgan fingerprint density at radius 3 is 2.53 bits per heavy atom. The van der Waals surface area contributed by atoms with Crippen molar-refractivity contribution >= 4 is 12.0 Å². The van der Waals surface area contributed by atoms with E-state index in [9.17, 15) is 13.6 Å². The number of benzene rings is 1. The quantitative estimate of drug-likeness (QED) is 0.588. The normalized spacial score (nSPS) is 10.8. The van der Waals surface area contributed by atoms with Gasteiger partial charge < -0.3 is 9.47 Å². The summed E-state index contributed by atoms with van der Waals surface area (Å²) in [5.41, 5.74) is 0.694. The molecule has 1 aromatic carbocycles. The summed E-state index contributed by atoms with van der Waals surface area (Å²) >= 11 is 0. The maximum atomic E-state index is 11.9. The molecule has 0 saturated carbocycles. The molecule has 0 fully saturated rings. The molecule has 1 rings (SSSR count). The largest absolute Gasteiger partial charge is 0.463 e. The van der Waals surface area contributed by atoms with Gasteiger partial charge in [0.25, 0.3) is 0 Å². The molecule has 0 heterocycles. The van der Waals surface area contributed by atoms with E-state index in [0.717, 1.165) is 0 Å². The Hall–Kier alpha value is -1.91. The minimum absolute atomic E-state index is 0.0771. The number of carbonyl (C=O) groups excluding carboxylic acids is 1. The first-order valence-electron chi connectivity index (χ1n) is 5.01. The highest BCUT2D eigenvalue weighted by atomic mass is 19.3. The van der Waals surface area contributed by atoms with Gasteiger partial charge in [-0.25, -0.2) is 4.79 Å². The first kappa shape index (κ1) is 13.2. The van der Waals surface area contributed by atoms with Crippen LogP contribution in [0, 0.1) is 0 Å². The van der Waals surface area contributed by atoms with Crippen molar-refractivity contribution in [2.24, 2.45) is 0 Å². The lowest BCUT2D eigenvalue weighted by Crippen LogP contribution is -2.01. The molecule has 0 spiro atoms. The molecule has 1 aromatic rings. The summed E-state index contributed by atoms with van der Waals surface area (Å²) in [5.74, 6) is -0.367. The van der Waals surface area contributed by atoms with Gasteiger partial charge in [0.1, 0.15) is 5.75 Å². The molecule has 5 heteroatoms. The molecule has 0 aliphatic heterocycles. The van der Waals surface area contributed by atoms with Crippen LogP contribution in [0.3, 0.4) is 0 Å². The van der Waals surface area contributed by atoms with Crippen LogP contribution in [0.1, 0.15) is 12.5 Å². The minimum atomic E-state index is -2.84. The van der Waals surface area contributed by atoms with Crippen LogP contribution in [-0.2, 0) is 9.53 Å². The van der Waals surface area contributed by atoms with E-state index in [1.54, 1.807) is 19.1 Å². The van der Waals surface area contributed by atoms with Gasteiger partial charge in [-0.1, -0.05) is 12.1 Å². The Balaban J connectivity index is 2.59. The number of ether oxygens (including phenoxy) is 2. The van der Waals surface area contributed by atoms with Gasteiger partial charge in [0.2, 0.25) is 0 Å². The van der Waals surface area contributed by atoms with E-state index >= 15 is 0 Å². The van der Waals surface area contributed by atoms with Crippen molar-refractivity contribution in [2.45, 2.75) is 13.5 Å². The van der Waals surface area contributed by atoms with Gasteiger partial charge in [-0.15, -0.1) is 0 Å². The van der Waals surface area contributed by atoms with E-state index < -0.39 is 12.6 Å². The van der Waals surface area contributed by atoms with E-state index in [1.165, 1.54) is 24.3 Å². The number of esters is 1. The zero-order valence-corrected chi connectivity index (χ0v) is 9.23. The molecule has 17 heavy (non-hydrogen) atoms. The molecule has 92 valence electrons. The zero-order chi connectivity index (χ0) is 12.7. The van der Waals surface area contributed by atoms with E-state index in [2.05, 4.69) is 4.74 Å². The van der Waals surface area contributed by atoms with Crippen LogP contribution in [0.2, 0.25) is 0 Å². The summed E-state index contributed by atoms with van der Waals surface area (Å²) in [5, 5.41) is 0. The SMILES string of the molecule is CCOC(=O)/C=C/c1ccc(OC(F)F)cc1. The molecule has 0 saturated heterocycles. The maximum absolute atomic E-state index is 11.9. The lowest BCUT2D eigenvalue weighted by atomic mass is 10.2. The van der Waals surface area contributed by atoms with Crippen molar-refractivity contribution < 1.29 is 23.0 Å². The predicted molar refractivity (Wildman–Crippen MR) is 58.7 cm³/mol. The van der Waals surface area contributed by atoms with Gasteiger partial charge in [-0.2, -0.15) is 8.78 Å². The molecule has 0 aliphatic carbocycles. The first-order chi connectivity index (χ1) is 8.11. The van der Waals surface area contributed by atoms with Crippen molar-refractivity contribution in [3.8, 4) is 5.75 Å². The summed E-state index contributed by atoms with van der Waals surface area (Å²) < 4.78 is 32.6. The Bertz CT molecular complexity index is 385. The van der Waals surface area contributed by atoms with Crippen LogP contribution in [0.4, 0.5) is 8.78 Å². The highest BCUT2D eigenvalue weighted by molar-refractivity contribution is 5.87. The second-order valence-corrected chi connectivity index (χ2v) is 3.03. The molecule has 0 atom stereocenters. The summed E-state index contributed by atoms with van der Waals surface area (Å²) in [6.07, 6.45) is 2.80. The summed E-state index contributed by atoms with van der Waals surface area (Å²) in [7, 11) is 0. The van der Waals surface area contributed by atoms with Crippen molar-refractivity contribution in [3.05, 3.63) is 35.9 Å². The van der Waals surface area contributed by atoms with Gasteiger partial charge in [-0.05, 0) is 30.7 Å². The van der Waals surface area contributed by atoms with Gasteiger partial charge in [0.15, 0.2) is 0 Å². The monoisotopic (exact) mass is 242 g/mol. The highest BCUT2D eigenvalue weighted by Gasteiger charge is 2.02. The van der Waals surface area contributed by atoms with Gasteiger partial charge >= 0.3 is 12.6 Å². The smallest absolute Gasteiger partial charge is 0.387 e. The molecule has 0 aromatic heterocycles. The average Bonchev–Trinajstić information content (AvgIpc) is 2.28. The highest BCUT2D eigenvalue weighted by Crippen LogP contribution is 2.15. The fraction of sp³-hybridized carbons (Fsp3) is 0.250. The van der Waals surface area contributed by atoms with E-state index in [0.29, 0.717) is 12.2 Å². The fourth-order valence-electron chi connectivity index (χ4n) is 1.12. The summed E-state index contributed by atoms with van der Waals surface area (Å²) in [4.78, 5) is 11.0. The van der Waals surface area contributed by atoms with Crippen molar-refractivity contribution in [3.63, 3.8) is 0 Å². The number of hydrogen-bond donors (Lipinski definition) is 0. The number of carbonyl (C=O) groups is 1. The van der Waals surface area contributed by atoms with Crippen LogP contribution >= 0.6 is 0 Å². The minimum Gasteiger partial charge on any atom is -0.463 e. The molecule has 0 amide bonds. The van der Waals surface area contributed by atoms with Crippen LogP contribution in [0.25, 0.3) is 6.08 Å². The molecular formula is C12H12F2O3. The average molecular weight is 242 g/mol. The number of rotatable bonds is 5. The Morgan fingerprint density at radius 1 is 1.35 bits per heavy atom. The van der Waals surface area contributed by atoms with Crippen LogP contribution in [0.5, 0.6) is 5.75 Å². The molecule has 0 bridgehead atoms. The van der Waals surface area contributed by atoms with E-state index in [1.807, 2.05) is 0 Å². The first-order valence-corrected chi connectivity index (χ1v) is 5.01. The van der Waals surface area contributed by atoms with Crippen LogP contribution in [-0.4, -0.2) is 19.2 Å². The molecular weight excluding hydrogens is 230 g/mol. The summed E-state index contributed by atoms with van der Waals surface area (Å²) in [6, 6.07) is 5.93. The molecule has 0 aliphatic rings. The fourth-order valence-corrected chi connectivity index (χ4v) is 1.12. The van der Waals surface area contributed by atoms with Gasteiger partial charge in [-0.3, -0.25) is 0 Å². The third-order valence-electron chi connectivity index (χ3n) is 1.80. The topological polar surface area (TPSA) is 35.5 Å². The maximum Gasteiger partial charge on any atom is 0.387 e. The second kappa shape index (κ2) is 6.62. The number of alkyl halides is 2. The predicted octanol–water partition coefficient (Wildman–Crippen LogP) is 2.86. The third kappa shape index (κ3) is 5.10. The summed E-state index contributed by atoms with van der Waals surface area (Å²) in [6.45, 7) is -0.817. The van der Waals surface area contributed by atoms with Gasteiger partial charge in [0, 0.05) is 6.08 Å². The third-order valence-corrected chi connectivity index (χ3v) is 1.80. The molecule has 0 radical (unpaired) electrons. The van der Waals surface area contributed by atoms with Crippen molar-refractivity contribution in [1.82, 2.24) is 0 Å². The Morgan fingerprint density at radius 2 is 2.00 bits per heavy atom. The van der Waals surface area contributed by atoms with Crippen LogP contribution < -0.4 is 4.74 Å². The standard InChI is InChI=1S/C12H12F2O3/c1-2-16-11(15)8-5-9-3-6-10(7-4-9)17-12(13)14/h3-8,12H,2H2,1H3/b8-5+. The van der Waals surface area contributed by atoms with Crippen molar-refractivity contribution in [1.29, 1.82) is 0 Å². The lowest BCUT2D eigenvalue weighted by molar-refractivity contribution is -0.137.